The number of carbonyl (C=O) groups is 2. The Morgan fingerprint density at radius 1 is 1.13 bits per heavy atom. The Balaban J connectivity index is 0.000000276. The highest BCUT2D eigenvalue weighted by atomic mass is 19.4. The Bertz CT molecular complexity index is 1670. The minimum Gasteiger partial charge on any atom is -0.457 e. The molecule has 5 N–H and O–H groups in total. The van der Waals surface area contributed by atoms with E-state index < -0.39 is 18.6 Å². The van der Waals surface area contributed by atoms with Gasteiger partial charge in [0.2, 0.25) is 6.41 Å². The SMILES string of the molecule is C=C/C(=C\C=C(/C)NC=O)c1c(C(=O)NCC(F)(F)F)cn2ncnc(N)c12.CCc1cccc(Oc2cccc(NC)c2)c1. The molecule has 0 aliphatic carbocycles. The van der Waals surface area contributed by atoms with Gasteiger partial charge in [-0.3, -0.25) is 9.59 Å². The largest absolute Gasteiger partial charge is 0.457 e. The van der Waals surface area contributed by atoms with Crippen LogP contribution in [0.2, 0.25) is 0 Å². The molecule has 4 rings (SSSR count). The molecule has 10 nitrogen and oxygen atoms in total. The molecule has 13 heteroatoms. The highest BCUT2D eigenvalue weighted by molar-refractivity contribution is 6.05. The van der Waals surface area contributed by atoms with Crippen molar-refractivity contribution in [3.63, 3.8) is 0 Å². The molecule has 0 aliphatic heterocycles. The molecule has 0 saturated carbocycles. The maximum absolute atomic E-state index is 12.5. The van der Waals surface area contributed by atoms with Crippen molar-refractivity contribution in [3.05, 3.63) is 108 Å². The number of alkyl halides is 3. The number of aromatic nitrogens is 3. The van der Waals surface area contributed by atoms with Crippen LogP contribution in [0.25, 0.3) is 11.1 Å². The van der Waals surface area contributed by atoms with Crippen LogP contribution in [0.3, 0.4) is 0 Å². The van der Waals surface area contributed by atoms with Gasteiger partial charge in [-0.2, -0.15) is 18.3 Å². The van der Waals surface area contributed by atoms with Gasteiger partial charge < -0.3 is 26.4 Å². The summed E-state index contributed by atoms with van der Waals surface area (Å²) in [5.41, 5.74) is 9.45. The molecule has 0 unspecified atom stereocenters. The summed E-state index contributed by atoms with van der Waals surface area (Å²) < 4.78 is 44.5. The van der Waals surface area contributed by atoms with E-state index in [1.165, 1.54) is 34.5 Å². The summed E-state index contributed by atoms with van der Waals surface area (Å²) in [5.74, 6) is 0.804. The van der Waals surface area contributed by atoms with Crippen LogP contribution < -0.4 is 26.4 Å². The fourth-order valence-corrected chi connectivity index (χ4v) is 4.06. The van der Waals surface area contributed by atoms with Crippen molar-refractivity contribution < 1.29 is 27.5 Å². The van der Waals surface area contributed by atoms with Crippen LogP contribution in [-0.2, 0) is 11.2 Å². The van der Waals surface area contributed by atoms with Crippen molar-refractivity contribution in [2.45, 2.75) is 26.4 Å². The van der Waals surface area contributed by atoms with Crippen LogP contribution >= 0.6 is 0 Å². The number of rotatable bonds is 11. The molecule has 2 aromatic carbocycles. The number of carbonyl (C=O) groups excluding carboxylic acids is 2. The van der Waals surface area contributed by atoms with Crippen molar-refractivity contribution in [3.8, 4) is 11.5 Å². The second-order valence-corrected chi connectivity index (χ2v) is 9.47. The maximum atomic E-state index is 12.5. The summed E-state index contributed by atoms with van der Waals surface area (Å²) >= 11 is 0. The van der Waals surface area contributed by atoms with Gasteiger partial charge in [0.25, 0.3) is 5.91 Å². The molecule has 45 heavy (non-hydrogen) atoms. The van der Waals surface area contributed by atoms with E-state index >= 15 is 0 Å². The van der Waals surface area contributed by atoms with Crippen LogP contribution in [0.5, 0.6) is 11.5 Å². The van der Waals surface area contributed by atoms with Gasteiger partial charge in [-0.05, 0) is 54.8 Å². The van der Waals surface area contributed by atoms with Crippen LogP contribution in [0.1, 0.15) is 35.3 Å². The molecule has 0 saturated heterocycles. The summed E-state index contributed by atoms with van der Waals surface area (Å²) in [5, 5.41) is 11.3. The smallest absolute Gasteiger partial charge is 0.405 e. The number of halogens is 3. The van der Waals surface area contributed by atoms with Crippen molar-refractivity contribution in [1.29, 1.82) is 0 Å². The first-order valence-electron chi connectivity index (χ1n) is 13.7. The second kappa shape index (κ2) is 15.8. The third-order valence-electron chi connectivity index (χ3n) is 6.27. The molecule has 0 spiro atoms. The third-order valence-corrected chi connectivity index (χ3v) is 6.27. The van der Waals surface area contributed by atoms with Crippen molar-refractivity contribution >= 4 is 34.9 Å². The van der Waals surface area contributed by atoms with E-state index in [2.05, 4.69) is 46.4 Å². The molecule has 0 atom stereocenters. The van der Waals surface area contributed by atoms with Gasteiger partial charge in [0, 0.05) is 36.3 Å². The first-order chi connectivity index (χ1) is 21.5. The number of aryl methyl sites for hydroxylation is 1. The number of anilines is 2. The zero-order valence-electron chi connectivity index (χ0n) is 25.0. The molecular weight excluding hydrogens is 587 g/mol. The number of benzene rings is 2. The predicted molar refractivity (Wildman–Crippen MR) is 169 cm³/mol. The van der Waals surface area contributed by atoms with Crippen molar-refractivity contribution in [2.75, 3.05) is 24.6 Å². The van der Waals surface area contributed by atoms with Crippen LogP contribution in [0, 0.1) is 0 Å². The lowest BCUT2D eigenvalue weighted by Crippen LogP contribution is -2.33. The van der Waals surface area contributed by atoms with E-state index in [0.717, 1.165) is 29.9 Å². The normalized spacial score (nSPS) is 11.7. The molecular formula is C32H34F3N7O3. The van der Waals surface area contributed by atoms with E-state index in [4.69, 9.17) is 10.5 Å². The number of amides is 2. The molecule has 2 heterocycles. The standard InChI is InChI=1S/C17H17F3N6O2.C15H17NO/c1-3-11(5-4-10(2)24-9-27)13-12(16(28)22-7-17(18,19)20)6-26-14(13)15(21)23-8-25-26;1-3-12-6-4-8-14(10-12)17-15-9-5-7-13(11-15)16-2/h3-6,8-9H,1,7H2,2H3,(H,22,28)(H,24,27)(H2,21,23,25);4-11,16H,3H2,1-2H3/b10-4+,11-5+;. The number of hydrogen-bond acceptors (Lipinski definition) is 7. The van der Waals surface area contributed by atoms with Crippen LogP contribution in [0.4, 0.5) is 24.7 Å². The summed E-state index contributed by atoms with van der Waals surface area (Å²) in [4.78, 5) is 26.8. The number of hydrogen-bond donors (Lipinski definition) is 4. The maximum Gasteiger partial charge on any atom is 0.405 e. The lowest BCUT2D eigenvalue weighted by molar-refractivity contribution is -0.123. The van der Waals surface area contributed by atoms with Gasteiger partial charge in [-0.25, -0.2) is 9.50 Å². The van der Waals surface area contributed by atoms with Crippen molar-refractivity contribution in [1.82, 2.24) is 25.2 Å². The minimum absolute atomic E-state index is 0.0272. The highest BCUT2D eigenvalue weighted by Crippen LogP contribution is 2.30. The first kappa shape index (κ1) is 33.9. The van der Waals surface area contributed by atoms with E-state index in [0.29, 0.717) is 17.7 Å². The lowest BCUT2D eigenvalue weighted by Gasteiger charge is -2.10. The van der Waals surface area contributed by atoms with Gasteiger partial charge in [0.05, 0.1) is 5.56 Å². The lowest BCUT2D eigenvalue weighted by atomic mass is 10.0. The molecule has 2 amide bonds. The Kier molecular flexibility index (Phi) is 11.9. The Morgan fingerprint density at radius 3 is 2.49 bits per heavy atom. The van der Waals surface area contributed by atoms with E-state index in [-0.39, 0.29) is 22.5 Å². The number of allylic oxidation sites excluding steroid dienone is 5. The van der Waals surface area contributed by atoms with Gasteiger partial charge in [-0.15, -0.1) is 0 Å². The first-order valence-corrected chi connectivity index (χ1v) is 13.7. The summed E-state index contributed by atoms with van der Waals surface area (Å²) in [6.07, 6.45) is 3.81. The fourth-order valence-electron chi connectivity index (χ4n) is 4.06. The topological polar surface area (TPSA) is 136 Å². The highest BCUT2D eigenvalue weighted by Gasteiger charge is 2.29. The van der Waals surface area contributed by atoms with Crippen molar-refractivity contribution in [2.24, 2.45) is 0 Å². The molecule has 0 fully saturated rings. The Labute approximate surface area is 258 Å². The fraction of sp³-hybridized carbons (Fsp3) is 0.188. The van der Waals surface area contributed by atoms with Crippen LogP contribution in [-0.4, -0.2) is 46.7 Å². The third kappa shape index (κ3) is 9.71. The van der Waals surface area contributed by atoms with E-state index in [9.17, 15) is 22.8 Å². The van der Waals surface area contributed by atoms with Gasteiger partial charge in [0.1, 0.15) is 29.9 Å². The Morgan fingerprint density at radius 2 is 1.84 bits per heavy atom. The monoisotopic (exact) mass is 621 g/mol. The van der Waals surface area contributed by atoms with Crippen LogP contribution in [0.15, 0.2) is 91.6 Å². The zero-order valence-corrected chi connectivity index (χ0v) is 25.0. The summed E-state index contributed by atoms with van der Waals surface area (Å²) in [6.45, 7) is 5.94. The van der Waals surface area contributed by atoms with Gasteiger partial charge in [0.15, 0.2) is 5.82 Å². The molecule has 236 valence electrons. The molecule has 2 aromatic heterocycles. The minimum atomic E-state index is -4.56. The number of ether oxygens (including phenoxy) is 1. The number of fused-ring (bicyclic) bond motifs is 1. The summed E-state index contributed by atoms with van der Waals surface area (Å²) in [6, 6.07) is 16.1. The average molecular weight is 622 g/mol. The van der Waals surface area contributed by atoms with Gasteiger partial charge >= 0.3 is 6.18 Å². The van der Waals surface area contributed by atoms with E-state index in [1.54, 1.807) is 6.92 Å². The molecule has 0 radical (unpaired) electrons. The molecule has 0 bridgehead atoms. The van der Waals surface area contributed by atoms with E-state index in [1.807, 2.05) is 48.8 Å². The number of nitrogens with one attached hydrogen (secondary N) is 3. The predicted octanol–water partition coefficient (Wildman–Crippen LogP) is 5.91. The number of nitrogens with zero attached hydrogens (tertiary/aromatic N) is 3. The molecule has 0 aliphatic rings. The second-order valence-electron chi connectivity index (χ2n) is 9.47. The number of nitrogen functional groups attached to an aromatic ring is 1. The zero-order chi connectivity index (χ0) is 33.0. The average Bonchev–Trinajstić information content (AvgIpc) is 3.41. The molecule has 4 aromatic rings. The summed E-state index contributed by atoms with van der Waals surface area (Å²) in [7, 11) is 1.90. The quantitative estimate of drug-likeness (QED) is 0.121. The Hall–Kier alpha value is -5.59. The number of nitrogens with two attached hydrogens (primary N) is 1. The van der Waals surface area contributed by atoms with Gasteiger partial charge in [-0.1, -0.05) is 43.9 Å².